The van der Waals surface area contributed by atoms with Gasteiger partial charge in [-0.15, -0.1) is 0 Å². The van der Waals surface area contributed by atoms with Gasteiger partial charge in [-0.05, 0) is 25.0 Å². The van der Waals surface area contributed by atoms with Crippen LogP contribution < -0.4 is 0 Å². The lowest BCUT2D eigenvalue weighted by Crippen LogP contribution is -2.43. The number of aliphatic hydroxyl groups excluding tert-OH is 1. The molecule has 0 bridgehead atoms. The van der Waals surface area contributed by atoms with E-state index in [4.69, 9.17) is 0 Å². The van der Waals surface area contributed by atoms with Crippen molar-refractivity contribution >= 4 is 5.91 Å². The number of piperidine rings is 1. The van der Waals surface area contributed by atoms with Crippen LogP contribution in [0.4, 0.5) is 8.78 Å². The molecule has 0 saturated carbocycles. The van der Waals surface area contributed by atoms with E-state index >= 15 is 0 Å². The molecule has 1 aromatic carbocycles. The van der Waals surface area contributed by atoms with Crippen molar-refractivity contribution in [1.29, 1.82) is 0 Å². The molecular weight excluding hydrogens is 240 g/mol. The summed E-state index contributed by atoms with van der Waals surface area (Å²) in [7, 11) is 0. The number of likely N-dealkylation sites (tertiary alicyclic amines) is 1. The van der Waals surface area contributed by atoms with Gasteiger partial charge in [0.15, 0.2) is 0 Å². The van der Waals surface area contributed by atoms with Crippen LogP contribution in [0.15, 0.2) is 18.2 Å². The quantitative estimate of drug-likeness (QED) is 0.869. The molecular formula is C13H15F2NO2. The molecule has 1 aliphatic rings. The van der Waals surface area contributed by atoms with Crippen molar-refractivity contribution in [2.45, 2.75) is 25.4 Å². The molecule has 0 spiro atoms. The van der Waals surface area contributed by atoms with E-state index in [1.54, 1.807) is 0 Å². The molecule has 1 saturated heterocycles. The highest BCUT2D eigenvalue weighted by molar-refractivity contribution is 5.79. The summed E-state index contributed by atoms with van der Waals surface area (Å²) < 4.78 is 26.8. The molecule has 1 fully saturated rings. The predicted octanol–water partition coefficient (Wildman–Crippen LogP) is 1.49. The van der Waals surface area contributed by atoms with Crippen LogP contribution in [0.3, 0.4) is 0 Å². The van der Waals surface area contributed by atoms with Crippen molar-refractivity contribution < 1.29 is 18.7 Å². The standard InChI is InChI=1S/C13H15F2NO2/c14-11-4-1-5-12(15)10(11)7-13(18)16-6-2-3-9(17)8-16/h1,4-5,9,17H,2-3,6-8H2/t9-/m0/s1. The Morgan fingerprint density at radius 1 is 1.39 bits per heavy atom. The number of benzene rings is 1. The first-order chi connectivity index (χ1) is 8.58. The van der Waals surface area contributed by atoms with E-state index in [1.165, 1.54) is 11.0 Å². The second kappa shape index (κ2) is 5.44. The van der Waals surface area contributed by atoms with Gasteiger partial charge in [0, 0.05) is 18.7 Å². The topological polar surface area (TPSA) is 40.5 Å². The molecule has 0 aromatic heterocycles. The zero-order valence-corrected chi connectivity index (χ0v) is 9.90. The zero-order chi connectivity index (χ0) is 13.1. The first-order valence-electron chi connectivity index (χ1n) is 5.96. The van der Waals surface area contributed by atoms with Crippen LogP contribution in [0.5, 0.6) is 0 Å². The first-order valence-corrected chi connectivity index (χ1v) is 5.96. The van der Waals surface area contributed by atoms with Gasteiger partial charge in [-0.25, -0.2) is 8.78 Å². The van der Waals surface area contributed by atoms with Crippen LogP contribution in [0.2, 0.25) is 0 Å². The molecule has 1 amide bonds. The van der Waals surface area contributed by atoms with Crippen molar-refractivity contribution in [3.63, 3.8) is 0 Å². The van der Waals surface area contributed by atoms with Gasteiger partial charge < -0.3 is 10.0 Å². The molecule has 2 rings (SSSR count). The van der Waals surface area contributed by atoms with Gasteiger partial charge in [0.2, 0.25) is 5.91 Å². The molecule has 1 atom stereocenters. The number of hydrogen-bond acceptors (Lipinski definition) is 2. The van der Waals surface area contributed by atoms with Gasteiger partial charge in [0.25, 0.3) is 0 Å². The fourth-order valence-corrected chi connectivity index (χ4v) is 2.15. The van der Waals surface area contributed by atoms with E-state index in [1.807, 2.05) is 0 Å². The normalized spacial score (nSPS) is 19.9. The monoisotopic (exact) mass is 255 g/mol. The third kappa shape index (κ3) is 2.85. The molecule has 1 heterocycles. The number of aliphatic hydroxyl groups is 1. The lowest BCUT2D eigenvalue weighted by Gasteiger charge is -2.30. The lowest BCUT2D eigenvalue weighted by molar-refractivity contribution is -0.133. The average Bonchev–Trinajstić information content (AvgIpc) is 2.34. The van der Waals surface area contributed by atoms with E-state index in [2.05, 4.69) is 0 Å². The van der Waals surface area contributed by atoms with Crippen LogP contribution in [0, 0.1) is 11.6 Å². The van der Waals surface area contributed by atoms with Crippen molar-refractivity contribution in [1.82, 2.24) is 4.90 Å². The summed E-state index contributed by atoms with van der Waals surface area (Å²) in [6.07, 6.45) is 0.545. The fraction of sp³-hybridized carbons (Fsp3) is 0.462. The molecule has 0 unspecified atom stereocenters. The largest absolute Gasteiger partial charge is 0.391 e. The number of hydrogen-bond donors (Lipinski definition) is 1. The number of carbonyl (C=O) groups is 1. The molecule has 1 aliphatic heterocycles. The molecule has 1 aromatic rings. The highest BCUT2D eigenvalue weighted by Crippen LogP contribution is 2.16. The Morgan fingerprint density at radius 2 is 2.06 bits per heavy atom. The summed E-state index contributed by atoms with van der Waals surface area (Å²) in [5.74, 6) is -1.76. The van der Waals surface area contributed by atoms with Crippen molar-refractivity contribution in [3.05, 3.63) is 35.4 Å². The number of rotatable bonds is 2. The number of amides is 1. The molecule has 0 aliphatic carbocycles. The SMILES string of the molecule is O=C(Cc1c(F)cccc1F)N1CCC[C@H](O)C1. The molecule has 3 nitrogen and oxygen atoms in total. The minimum atomic E-state index is -0.707. The van der Waals surface area contributed by atoms with E-state index < -0.39 is 17.7 Å². The van der Waals surface area contributed by atoms with Crippen LogP contribution in [-0.4, -0.2) is 35.1 Å². The molecule has 18 heavy (non-hydrogen) atoms. The summed E-state index contributed by atoms with van der Waals surface area (Å²) in [4.78, 5) is 13.4. The summed E-state index contributed by atoms with van der Waals surface area (Å²) in [6.45, 7) is 0.779. The summed E-state index contributed by atoms with van der Waals surface area (Å²) in [5.41, 5.74) is -0.206. The van der Waals surface area contributed by atoms with Crippen LogP contribution in [-0.2, 0) is 11.2 Å². The minimum Gasteiger partial charge on any atom is -0.391 e. The maximum atomic E-state index is 13.4. The maximum Gasteiger partial charge on any atom is 0.227 e. The van der Waals surface area contributed by atoms with Gasteiger partial charge >= 0.3 is 0 Å². The van der Waals surface area contributed by atoms with Crippen molar-refractivity contribution in [3.8, 4) is 0 Å². The first kappa shape index (κ1) is 13.0. The molecule has 5 heteroatoms. The Hall–Kier alpha value is -1.49. The van der Waals surface area contributed by atoms with E-state index in [9.17, 15) is 18.7 Å². The van der Waals surface area contributed by atoms with Crippen LogP contribution in [0.25, 0.3) is 0 Å². The Kier molecular flexibility index (Phi) is 3.91. The van der Waals surface area contributed by atoms with Gasteiger partial charge in [0.1, 0.15) is 11.6 Å². The molecule has 1 N–H and O–H groups in total. The second-order valence-electron chi connectivity index (χ2n) is 4.51. The average molecular weight is 255 g/mol. The van der Waals surface area contributed by atoms with E-state index in [0.29, 0.717) is 19.4 Å². The van der Waals surface area contributed by atoms with Crippen molar-refractivity contribution in [2.24, 2.45) is 0 Å². The summed E-state index contributed by atoms with van der Waals surface area (Å²) >= 11 is 0. The van der Waals surface area contributed by atoms with E-state index in [0.717, 1.165) is 12.1 Å². The third-order valence-corrected chi connectivity index (χ3v) is 3.14. The Morgan fingerprint density at radius 3 is 2.67 bits per heavy atom. The van der Waals surface area contributed by atoms with Crippen LogP contribution in [0.1, 0.15) is 18.4 Å². The van der Waals surface area contributed by atoms with Gasteiger partial charge in [0.05, 0.1) is 12.5 Å². The highest BCUT2D eigenvalue weighted by atomic mass is 19.1. The minimum absolute atomic E-state index is 0.206. The number of carbonyl (C=O) groups excluding carboxylic acids is 1. The number of β-amino-alcohol motifs (C(OH)–C–C–N with tert-alkyl or cyclic N) is 1. The van der Waals surface area contributed by atoms with Gasteiger partial charge in [-0.1, -0.05) is 6.07 Å². The Balaban J connectivity index is 2.07. The van der Waals surface area contributed by atoms with E-state index in [-0.39, 0.29) is 24.4 Å². The van der Waals surface area contributed by atoms with Gasteiger partial charge in [-0.3, -0.25) is 4.79 Å². The highest BCUT2D eigenvalue weighted by Gasteiger charge is 2.23. The molecule has 98 valence electrons. The fourth-order valence-electron chi connectivity index (χ4n) is 2.15. The molecule has 0 radical (unpaired) electrons. The number of halogens is 2. The zero-order valence-electron chi connectivity index (χ0n) is 9.90. The van der Waals surface area contributed by atoms with Gasteiger partial charge in [-0.2, -0.15) is 0 Å². The van der Waals surface area contributed by atoms with Crippen LogP contribution >= 0.6 is 0 Å². The maximum absolute atomic E-state index is 13.4. The third-order valence-electron chi connectivity index (χ3n) is 3.14. The van der Waals surface area contributed by atoms with Crippen molar-refractivity contribution in [2.75, 3.05) is 13.1 Å². The Bertz CT molecular complexity index is 430. The number of nitrogens with zero attached hydrogens (tertiary/aromatic N) is 1. The Labute approximate surface area is 104 Å². The smallest absolute Gasteiger partial charge is 0.227 e. The summed E-state index contributed by atoms with van der Waals surface area (Å²) in [6, 6.07) is 3.54. The predicted molar refractivity (Wildman–Crippen MR) is 61.9 cm³/mol. The summed E-state index contributed by atoms with van der Waals surface area (Å²) in [5, 5.41) is 9.46. The second-order valence-corrected chi connectivity index (χ2v) is 4.51. The lowest BCUT2D eigenvalue weighted by atomic mass is 10.1.